The average Bonchev–Trinajstić information content (AvgIpc) is 1.84. The third-order valence-corrected chi connectivity index (χ3v) is 1.83. The van der Waals surface area contributed by atoms with Gasteiger partial charge in [-0.3, -0.25) is 4.79 Å². The van der Waals surface area contributed by atoms with Gasteiger partial charge < -0.3 is 10.3 Å². The van der Waals surface area contributed by atoms with Crippen LogP contribution in [0.15, 0.2) is 11.0 Å². The fourth-order valence-electron chi connectivity index (χ4n) is 0.528. The van der Waals surface area contributed by atoms with Gasteiger partial charge in [-0.25, -0.2) is 0 Å². The molecule has 0 aliphatic rings. The molecule has 10 heavy (non-hydrogen) atoms. The standard InChI is InChI=1S/C5H6IN3O/c1-9-2-3(6)4(10)8-5(9)7/h2H,1H3,(H2,7,8,10). The summed E-state index contributed by atoms with van der Waals surface area (Å²) in [4.78, 5) is 14.3. The Morgan fingerprint density at radius 3 is 2.90 bits per heavy atom. The highest BCUT2D eigenvalue weighted by Crippen LogP contribution is 1.97. The van der Waals surface area contributed by atoms with Crippen LogP contribution in [-0.4, -0.2) is 9.55 Å². The first-order valence-electron chi connectivity index (χ1n) is 2.60. The van der Waals surface area contributed by atoms with Crippen molar-refractivity contribution < 1.29 is 0 Å². The van der Waals surface area contributed by atoms with Crippen LogP contribution in [0.25, 0.3) is 0 Å². The smallest absolute Gasteiger partial charge is 0.287 e. The van der Waals surface area contributed by atoms with E-state index in [2.05, 4.69) is 4.98 Å². The van der Waals surface area contributed by atoms with Gasteiger partial charge in [0.1, 0.15) is 0 Å². The minimum Gasteiger partial charge on any atom is -0.369 e. The summed E-state index contributed by atoms with van der Waals surface area (Å²) in [6.07, 6.45) is 1.64. The van der Waals surface area contributed by atoms with Crippen molar-refractivity contribution in [3.05, 3.63) is 20.1 Å². The van der Waals surface area contributed by atoms with E-state index in [-0.39, 0.29) is 11.5 Å². The van der Waals surface area contributed by atoms with Gasteiger partial charge >= 0.3 is 0 Å². The van der Waals surface area contributed by atoms with Crippen LogP contribution in [0.4, 0.5) is 5.95 Å². The van der Waals surface area contributed by atoms with Gasteiger partial charge in [0.25, 0.3) is 5.56 Å². The minimum atomic E-state index is -0.267. The average molecular weight is 251 g/mol. The Morgan fingerprint density at radius 1 is 1.80 bits per heavy atom. The lowest BCUT2D eigenvalue weighted by Gasteiger charge is -2.00. The molecule has 0 amide bonds. The number of nitrogen functional groups attached to an aromatic ring is 1. The maximum Gasteiger partial charge on any atom is 0.287 e. The lowest BCUT2D eigenvalue weighted by molar-refractivity contribution is 0.865. The number of aryl methyl sites for hydroxylation is 1. The third-order valence-electron chi connectivity index (χ3n) is 1.09. The first kappa shape index (κ1) is 7.52. The predicted octanol–water partition coefficient (Wildman–Crippen LogP) is -0.0329. The van der Waals surface area contributed by atoms with Crippen LogP contribution in [0.5, 0.6) is 0 Å². The first-order chi connectivity index (χ1) is 4.61. The number of halogens is 1. The maximum absolute atomic E-state index is 10.8. The molecule has 4 nitrogen and oxygen atoms in total. The molecule has 1 rings (SSSR count). The first-order valence-corrected chi connectivity index (χ1v) is 3.68. The monoisotopic (exact) mass is 251 g/mol. The normalized spacial score (nSPS) is 9.80. The van der Waals surface area contributed by atoms with Gasteiger partial charge in [-0.05, 0) is 22.6 Å². The number of hydrogen-bond acceptors (Lipinski definition) is 3. The Labute approximate surface area is 71.2 Å². The van der Waals surface area contributed by atoms with Crippen molar-refractivity contribution in [1.82, 2.24) is 9.55 Å². The summed E-state index contributed by atoms with van der Waals surface area (Å²) in [7, 11) is 1.74. The number of aromatic nitrogens is 2. The van der Waals surface area contributed by atoms with Crippen molar-refractivity contribution in [2.24, 2.45) is 7.05 Å². The van der Waals surface area contributed by atoms with E-state index in [0.29, 0.717) is 3.57 Å². The van der Waals surface area contributed by atoms with Crippen LogP contribution in [0.3, 0.4) is 0 Å². The number of nitrogens with zero attached hydrogens (tertiary/aromatic N) is 2. The molecule has 0 atom stereocenters. The van der Waals surface area contributed by atoms with Gasteiger partial charge in [0.15, 0.2) is 0 Å². The molecule has 0 saturated carbocycles. The molecular weight excluding hydrogens is 245 g/mol. The SMILES string of the molecule is Cn1cc(I)c(=O)nc1N. The summed E-state index contributed by atoms with van der Waals surface area (Å²) in [6.45, 7) is 0. The van der Waals surface area contributed by atoms with Crippen molar-refractivity contribution in [3.8, 4) is 0 Å². The summed E-state index contributed by atoms with van der Waals surface area (Å²) >= 11 is 1.92. The molecular formula is C5H6IN3O. The molecule has 0 radical (unpaired) electrons. The van der Waals surface area contributed by atoms with Crippen molar-refractivity contribution in [1.29, 1.82) is 0 Å². The van der Waals surface area contributed by atoms with E-state index in [4.69, 9.17) is 5.73 Å². The Morgan fingerprint density at radius 2 is 2.40 bits per heavy atom. The maximum atomic E-state index is 10.8. The van der Waals surface area contributed by atoms with Crippen LogP contribution < -0.4 is 11.3 Å². The van der Waals surface area contributed by atoms with Crippen LogP contribution in [0.1, 0.15) is 0 Å². The lowest BCUT2D eigenvalue weighted by Crippen LogP contribution is -2.17. The number of nitrogens with two attached hydrogens (primary N) is 1. The third kappa shape index (κ3) is 1.28. The molecule has 0 aliphatic carbocycles. The van der Waals surface area contributed by atoms with E-state index in [1.807, 2.05) is 22.6 Å². The molecule has 5 heteroatoms. The van der Waals surface area contributed by atoms with Crippen LogP contribution in [-0.2, 0) is 7.05 Å². The van der Waals surface area contributed by atoms with Crippen LogP contribution in [0, 0.1) is 3.57 Å². The summed E-state index contributed by atoms with van der Waals surface area (Å²) in [6, 6.07) is 0. The van der Waals surface area contributed by atoms with Gasteiger partial charge in [-0.15, -0.1) is 0 Å². The van der Waals surface area contributed by atoms with E-state index in [0.717, 1.165) is 0 Å². The van der Waals surface area contributed by atoms with Gasteiger partial charge in [0, 0.05) is 13.2 Å². The molecule has 2 N–H and O–H groups in total. The van der Waals surface area contributed by atoms with E-state index >= 15 is 0 Å². The summed E-state index contributed by atoms with van der Waals surface area (Å²) in [5.74, 6) is 0.241. The zero-order valence-electron chi connectivity index (χ0n) is 5.34. The Bertz CT molecular complexity index is 306. The van der Waals surface area contributed by atoms with Gasteiger partial charge in [-0.2, -0.15) is 4.98 Å². The fraction of sp³-hybridized carbons (Fsp3) is 0.200. The van der Waals surface area contributed by atoms with Crippen LogP contribution >= 0.6 is 22.6 Å². The second-order valence-corrected chi connectivity index (χ2v) is 3.03. The molecule has 1 aromatic rings. The predicted molar refractivity (Wildman–Crippen MR) is 46.6 cm³/mol. The van der Waals surface area contributed by atoms with E-state index in [9.17, 15) is 4.79 Å². The van der Waals surface area contributed by atoms with Gasteiger partial charge in [0.05, 0.1) is 3.57 Å². The Kier molecular flexibility index (Phi) is 1.93. The molecule has 0 bridgehead atoms. The lowest BCUT2D eigenvalue weighted by atomic mass is 10.6. The highest BCUT2D eigenvalue weighted by Gasteiger charge is 1.97. The number of anilines is 1. The minimum absolute atomic E-state index is 0.241. The molecule has 1 heterocycles. The highest BCUT2D eigenvalue weighted by molar-refractivity contribution is 14.1. The second-order valence-electron chi connectivity index (χ2n) is 1.86. The molecule has 0 spiro atoms. The van der Waals surface area contributed by atoms with Crippen molar-refractivity contribution in [3.63, 3.8) is 0 Å². The Balaban J connectivity index is 3.43. The van der Waals surface area contributed by atoms with Gasteiger partial charge in [-0.1, -0.05) is 0 Å². The summed E-state index contributed by atoms with van der Waals surface area (Å²) in [5, 5.41) is 0. The molecule has 0 saturated heterocycles. The molecule has 0 aliphatic heterocycles. The molecule has 1 aromatic heterocycles. The molecule has 0 aromatic carbocycles. The second kappa shape index (κ2) is 2.57. The van der Waals surface area contributed by atoms with E-state index < -0.39 is 0 Å². The summed E-state index contributed by atoms with van der Waals surface area (Å²) < 4.78 is 2.18. The highest BCUT2D eigenvalue weighted by atomic mass is 127. The number of rotatable bonds is 0. The summed E-state index contributed by atoms with van der Waals surface area (Å²) in [5.41, 5.74) is 5.07. The zero-order chi connectivity index (χ0) is 7.72. The molecule has 54 valence electrons. The van der Waals surface area contributed by atoms with E-state index in [1.54, 1.807) is 17.8 Å². The number of hydrogen-bond donors (Lipinski definition) is 1. The van der Waals surface area contributed by atoms with Gasteiger partial charge in [0.2, 0.25) is 5.95 Å². The van der Waals surface area contributed by atoms with Crippen molar-refractivity contribution in [2.75, 3.05) is 5.73 Å². The fourth-order valence-corrected chi connectivity index (χ4v) is 1.07. The zero-order valence-corrected chi connectivity index (χ0v) is 7.49. The Hall–Kier alpha value is -0.590. The molecule has 0 unspecified atom stereocenters. The van der Waals surface area contributed by atoms with Crippen molar-refractivity contribution >= 4 is 28.5 Å². The largest absolute Gasteiger partial charge is 0.369 e. The van der Waals surface area contributed by atoms with Crippen LogP contribution in [0.2, 0.25) is 0 Å². The topological polar surface area (TPSA) is 60.9 Å². The van der Waals surface area contributed by atoms with E-state index in [1.165, 1.54) is 0 Å². The molecule has 0 fully saturated rings. The van der Waals surface area contributed by atoms with Crippen molar-refractivity contribution in [2.45, 2.75) is 0 Å². The quantitative estimate of drug-likeness (QED) is 0.658.